The van der Waals surface area contributed by atoms with E-state index in [-0.39, 0.29) is 4.90 Å². The van der Waals surface area contributed by atoms with Crippen LogP contribution in [0.15, 0.2) is 35.4 Å². The minimum Gasteiger partial charge on any atom is -0.314 e. The van der Waals surface area contributed by atoms with Gasteiger partial charge in [0.1, 0.15) is 5.15 Å². The van der Waals surface area contributed by atoms with Gasteiger partial charge in [-0.2, -0.15) is 4.31 Å². The van der Waals surface area contributed by atoms with Crippen LogP contribution < -0.4 is 5.32 Å². The fourth-order valence-electron chi connectivity index (χ4n) is 2.90. The van der Waals surface area contributed by atoms with Crippen LogP contribution in [0.5, 0.6) is 0 Å². The Labute approximate surface area is 135 Å². The van der Waals surface area contributed by atoms with Gasteiger partial charge in [0.25, 0.3) is 0 Å². The number of hydrogen-bond donors (Lipinski definition) is 1. The van der Waals surface area contributed by atoms with Gasteiger partial charge in [-0.25, -0.2) is 13.4 Å². The first kappa shape index (κ1) is 15.7. The maximum atomic E-state index is 13.2. The van der Waals surface area contributed by atoms with Gasteiger partial charge in [-0.1, -0.05) is 23.7 Å². The van der Waals surface area contributed by atoms with Crippen LogP contribution in [0.4, 0.5) is 0 Å². The molecule has 0 bridgehead atoms. The monoisotopic (exact) mass is 339 g/mol. The lowest BCUT2D eigenvalue weighted by Crippen LogP contribution is -2.59. The van der Waals surface area contributed by atoms with Crippen molar-refractivity contribution in [1.82, 2.24) is 14.6 Å². The molecule has 0 radical (unpaired) electrons. The molecule has 1 aromatic heterocycles. The minimum absolute atomic E-state index is 0.282. The van der Waals surface area contributed by atoms with E-state index in [2.05, 4.69) is 10.3 Å². The Morgan fingerprint density at radius 2 is 2.05 bits per heavy atom. The lowest BCUT2D eigenvalue weighted by Gasteiger charge is -2.41. The van der Waals surface area contributed by atoms with Crippen molar-refractivity contribution in [3.8, 4) is 0 Å². The number of nitrogens with one attached hydrogen (secondary N) is 1. The quantitative estimate of drug-likeness (QED) is 0.852. The molecule has 0 aliphatic carbocycles. The third-order valence-corrected chi connectivity index (χ3v) is 6.48. The van der Waals surface area contributed by atoms with E-state index in [1.54, 1.807) is 28.6 Å². The van der Waals surface area contributed by atoms with Crippen LogP contribution in [-0.2, 0) is 10.0 Å². The van der Waals surface area contributed by atoms with E-state index in [0.29, 0.717) is 35.6 Å². The molecule has 0 atom stereocenters. The lowest BCUT2D eigenvalue weighted by atomic mass is 10.0. The molecule has 0 saturated carbocycles. The average molecular weight is 340 g/mol. The number of fused-ring (bicyclic) bond motifs is 1. The van der Waals surface area contributed by atoms with E-state index in [4.69, 9.17) is 11.6 Å². The first-order valence-electron chi connectivity index (χ1n) is 7.11. The number of pyridine rings is 1. The van der Waals surface area contributed by atoms with Crippen LogP contribution in [0, 0.1) is 0 Å². The number of aromatic nitrogens is 1. The second-order valence-electron chi connectivity index (χ2n) is 6.02. The molecule has 1 aliphatic heterocycles. The van der Waals surface area contributed by atoms with Crippen molar-refractivity contribution in [3.05, 3.63) is 35.6 Å². The fourth-order valence-corrected chi connectivity index (χ4v) is 5.11. The second-order valence-corrected chi connectivity index (χ2v) is 8.21. The predicted molar refractivity (Wildman–Crippen MR) is 87.6 cm³/mol. The summed E-state index contributed by atoms with van der Waals surface area (Å²) < 4.78 is 27.9. The minimum atomic E-state index is -3.61. The number of nitrogens with zero attached hydrogens (tertiary/aromatic N) is 2. The van der Waals surface area contributed by atoms with E-state index >= 15 is 0 Å². The van der Waals surface area contributed by atoms with E-state index in [1.165, 1.54) is 6.20 Å². The number of piperazine rings is 1. The Morgan fingerprint density at radius 1 is 1.27 bits per heavy atom. The van der Waals surface area contributed by atoms with E-state index in [9.17, 15) is 8.42 Å². The summed E-state index contributed by atoms with van der Waals surface area (Å²) in [6.07, 6.45) is 1.53. The maximum Gasteiger partial charge on any atom is 0.244 e. The largest absolute Gasteiger partial charge is 0.314 e. The molecule has 1 saturated heterocycles. The molecule has 5 nitrogen and oxygen atoms in total. The summed E-state index contributed by atoms with van der Waals surface area (Å²) in [7, 11) is -3.61. The molecule has 7 heteroatoms. The molecule has 22 heavy (non-hydrogen) atoms. The molecule has 0 unspecified atom stereocenters. The third kappa shape index (κ3) is 2.50. The van der Waals surface area contributed by atoms with Crippen molar-refractivity contribution in [1.29, 1.82) is 0 Å². The molecule has 1 aromatic carbocycles. The molecule has 1 fully saturated rings. The van der Waals surface area contributed by atoms with Crippen LogP contribution in [0.2, 0.25) is 5.15 Å². The number of sulfonamides is 1. The summed E-state index contributed by atoms with van der Waals surface area (Å²) >= 11 is 6.09. The topological polar surface area (TPSA) is 62.3 Å². The van der Waals surface area contributed by atoms with Gasteiger partial charge >= 0.3 is 0 Å². The van der Waals surface area contributed by atoms with Gasteiger partial charge in [0, 0.05) is 42.1 Å². The highest BCUT2D eigenvalue weighted by Crippen LogP contribution is 2.32. The second kappa shape index (κ2) is 5.45. The predicted octanol–water partition coefficient (Wildman–Crippen LogP) is 2.26. The van der Waals surface area contributed by atoms with Crippen molar-refractivity contribution in [2.75, 3.05) is 19.6 Å². The summed E-state index contributed by atoms with van der Waals surface area (Å²) in [6, 6.07) is 6.82. The van der Waals surface area contributed by atoms with Gasteiger partial charge in [-0.3, -0.25) is 0 Å². The van der Waals surface area contributed by atoms with Crippen LogP contribution >= 0.6 is 11.6 Å². The molecule has 118 valence electrons. The maximum absolute atomic E-state index is 13.2. The molecule has 2 aromatic rings. The van der Waals surface area contributed by atoms with Gasteiger partial charge in [0.05, 0.1) is 4.90 Å². The van der Waals surface area contributed by atoms with Crippen LogP contribution in [0.25, 0.3) is 10.8 Å². The normalized spacial score (nSPS) is 19.4. The number of benzene rings is 1. The highest BCUT2D eigenvalue weighted by Gasteiger charge is 2.39. The average Bonchev–Trinajstić information content (AvgIpc) is 2.46. The molecular weight excluding hydrogens is 322 g/mol. The van der Waals surface area contributed by atoms with Crippen molar-refractivity contribution >= 4 is 32.4 Å². The zero-order valence-electron chi connectivity index (χ0n) is 12.5. The van der Waals surface area contributed by atoms with Gasteiger partial charge in [-0.15, -0.1) is 0 Å². The van der Waals surface area contributed by atoms with E-state index in [1.807, 2.05) is 13.8 Å². The highest BCUT2D eigenvalue weighted by molar-refractivity contribution is 7.89. The first-order valence-corrected chi connectivity index (χ1v) is 8.93. The van der Waals surface area contributed by atoms with Crippen molar-refractivity contribution in [2.24, 2.45) is 0 Å². The number of rotatable bonds is 2. The molecule has 0 spiro atoms. The highest BCUT2D eigenvalue weighted by atomic mass is 35.5. The van der Waals surface area contributed by atoms with Crippen molar-refractivity contribution < 1.29 is 8.42 Å². The van der Waals surface area contributed by atoms with Crippen molar-refractivity contribution in [3.63, 3.8) is 0 Å². The Bertz CT molecular complexity index is 821. The van der Waals surface area contributed by atoms with Crippen LogP contribution in [0.3, 0.4) is 0 Å². The Hall–Kier alpha value is -1.21. The van der Waals surface area contributed by atoms with Gasteiger partial charge in [-0.05, 0) is 26.0 Å². The molecule has 1 aliphatic rings. The Kier molecular flexibility index (Phi) is 3.89. The Balaban J connectivity index is 2.20. The molecule has 2 heterocycles. The number of halogens is 1. The summed E-state index contributed by atoms with van der Waals surface area (Å²) in [4.78, 5) is 4.30. The van der Waals surface area contributed by atoms with Gasteiger partial charge < -0.3 is 5.32 Å². The number of hydrogen-bond acceptors (Lipinski definition) is 4. The van der Waals surface area contributed by atoms with Crippen molar-refractivity contribution in [2.45, 2.75) is 24.3 Å². The third-order valence-electron chi connectivity index (χ3n) is 4.01. The van der Waals surface area contributed by atoms with Gasteiger partial charge in [0.15, 0.2) is 0 Å². The Morgan fingerprint density at radius 3 is 2.77 bits per heavy atom. The molecular formula is C15H18ClN3O2S. The standard InChI is InChI=1S/C15H18ClN3O2S/c1-15(2)10-17-8-9-19(15)22(20,21)13-5-3-4-12-11(13)6-7-18-14(12)16/h3-7,17H,8-10H2,1-2H3. The smallest absolute Gasteiger partial charge is 0.244 e. The lowest BCUT2D eigenvalue weighted by molar-refractivity contribution is 0.186. The van der Waals surface area contributed by atoms with E-state index < -0.39 is 15.6 Å². The van der Waals surface area contributed by atoms with Crippen LogP contribution in [0.1, 0.15) is 13.8 Å². The SMILES string of the molecule is CC1(C)CNCCN1S(=O)(=O)c1cccc2c(Cl)nccc12. The zero-order chi connectivity index (χ0) is 16.0. The zero-order valence-corrected chi connectivity index (χ0v) is 14.1. The van der Waals surface area contributed by atoms with Gasteiger partial charge in [0.2, 0.25) is 10.0 Å². The van der Waals surface area contributed by atoms with E-state index in [0.717, 1.165) is 0 Å². The molecule has 3 rings (SSSR count). The molecule has 1 N–H and O–H groups in total. The summed E-state index contributed by atoms with van der Waals surface area (Å²) in [5, 5.41) is 4.81. The van der Waals surface area contributed by atoms with Crippen LogP contribution in [-0.4, -0.2) is 42.9 Å². The summed E-state index contributed by atoms with van der Waals surface area (Å²) in [6.45, 7) is 5.58. The molecule has 0 amide bonds. The summed E-state index contributed by atoms with van der Waals surface area (Å²) in [5.41, 5.74) is -0.476. The fraction of sp³-hybridized carbons (Fsp3) is 0.400. The first-order chi connectivity index (χ1) is 10.3. The summed E-state index contributed by atoms with van der Waals surface area (Å²) in [5.74, 6) is 0.